The van der Waals surface area contributed by atoms with Gasteiger partial charge in [-0.05, 0) is 74.1 Å². The van der Waals surface area contributed by atoms with Crippen LogP contribution >= 0.6 is 0 Å². The molecule has 6 nitrogen and oxygen atoms in total. The zero-order chi connectivity index (χ0) is 27.4. The number of amides is 1. The van der Waals surface area contributed by atoms with Crippen molar-refractivity contribution in [3.8, 4) is 0 Å². The van der Waals surface area contributed by atoms with Crippen molar-refractivity contribution >= 4 is 23.2 Å². The van der Waals surface area contributed by atoms with Gasteiger partial charge in [-0.15, -0.1) is 0 Å². The summed E-state index contributed by atoms with van der Waals surface area (Å²) in [5, 5.41) is 11.7. The zero-order valence-electron chi connectivity index (χ0n) is 23.2. The molecule has 1 saturated heterocycles. The van der Waals surface area contributed by atoms with Crippen molar-refractivity contribution in [1.29, 1.82) is 5.41 Å². The van der Waals surface area contributed by atoms with Gasteiger partial charge in [0.25, 0.3) is 0 Å². The quantitative estimate of drug-likeness (QED) is 0.305. The van der Waals surface area contributed by atoms with E-state index in [0.717, 1.165) is 54.5 Å². The van der Waals surface area contributed by atoms with Crippen LogP contribution in [-0.2, 0) is 17.9 Å². The highest BCUT2D eigenvalue weighted by Crippen LogP contribution is 2.37. The van der Waals surface area contributed by atoms with Crippen LogP contribution < -0.4 is 5.32 Å². The van der Waals surface area contributed by atoms with Crippen LogP contribution in [0.3, 0.4) is 0 Å². The van der Waals surface area contributed by atoms with Crippen LogP contribution in [0.4, 0.5) is 9.18 Å². The molecule has 1 saturated carbocycles. The fraction of sp³-hybridized carbons (Fsp3) is 0.500. The summed E-state index contributed by atoms with van der Waals surface area (Å²) in [6, 6.07) is 15.3. The Labute approximate surface area is 231 Å². The Kier molecular flexibility index (Phi) is 8.66. The molecule has 0 radical (unpaired) electrons. The molecule has 0 atom stereocenters. The number of ether oxygens (including phenoxy) is 1. The summed E-state index contributed by atoms with van der Waals surface area (Å²) in [6.07, 6.45) is 8.00. The summed E-state index contributed by atoms with van der Waals surface area (Å²) in [7, 11) is 0. The first-order valence-electron chi connectivity index (χ1n) is 14.5. The molecule has 5 rings (SSSR count). The lowest BCUT2D eigenvalue weighted by molar-refractivity contribution is 0.0888. The van der Waals surface area contributed by atoms with Gasteiger partial charge < -0.3 is 24.9 Å². The highest BCUT2D eigenvalue weighted by molar-refractivity contribution is 6.00. The summed E-state index contributed by atoms with van der Waals surface area (Å²) in [6.45, 7) is 7.18. The minimum Gasteiger partial charge on any atom is -0.445 e. The highest BCUT2D eigenvalue weighted by Gasteiger charge is 2.32. The van der Waals surface area contributed by atoms with Crippen LogP contribution in [0.2, 0.25) is 0 Å². The fourth-order valence-corrected chi connectivity index (χ4v) is 6.70. The van der Waals surface area contributed by atoms with E-state index in [4.69, 9.17) is 10.1 Å². The molecule has 0 spiro atoms. The van der Waals surface area contributed by atoms with Crippen molar-refractivity contribution in [2.75, 3.05) is 13.1 Å². The van der Waals surface area contributed by atoms with Gasteiger partial charge in [0.15, 0.2) is 0 Å². The molecule has 0 bridgehead atoms. The number of alkyl carbamates (subject to hydrolysis) is 1. The molecule has 0 unspecified atom stereocenters. The Morgan fingerprint density at radius 2 is 1.77 bits per heavy atom. The zero-order valence-corrected chi connectivity index (χ0v) is 23.2. The number of likely N-dealkylation sites (tertiary alicyclic amines) is 1. The van der Waals surface area contributed by atoms with Crippen molar-refractivity contribution in [2.45, 2.75) is 77.6 Å². The third-order valence-electron chi connectivity index (χ3n) is 8.93. The molecule has 1 aliphatic heterocycles. The number of piperidine rings is 1. The molecule has 2 heterocycles. The van der Waals surface area contributed by atoms with Gasteiger partial charge in [-0.25, -0.2) is 9.18 Å². The molecular weight excluding hydrogens is 491 g/mol. The fourth-order valence-electron chi connectivity index (χ4n) is 6.70. The van der Waals surface area contributed by atoms with E-state index in [9.17, 15) is 9.18 Å². The number of aromatic nitrogens is 1. The third-order valence-corrected chi connectivity index (χ3v) is 8.93. The lowest BCUT2D eigenvalue weighted by Crippen LogP contribution is -2.44. The number of carbonyl (C=O) groups excluding carboxylic acids is 1. The molecule has 2 aromatic carbocycles. The Morgan fingerprint density at radius 3 is 2.44 bits per heavy atom. The number of carbonyl (C=O) groups is 1. The lowest BCUT2D eigenvalue weighted by atomic mass is 9.79. The molecule has 2 aliphatic rings. The average molecular weight is 533 g/mol. The number of nitrogens with zero attached hydrogens (tertiary/aromatic N) is 2. The molecule has 208 valence electrons. The van der Waals surface area contributed by atoms with Crippen LogP contribution in [-0.4, -0.2) is 40.9 Å². The van der Waals surface area contributed by atoms with Gasteiger partial charge in [-0.3, -0.25) is 0 Å². The summed E-state index contributed by atoms with van der Waals surface area (Å²) in [5.74, 6) is 1.31. The predicted molar refractivity (Wildman–Crippen MR) is 154 cm³/mol. The van der Waals surface area contributed by atoms with Crippen LogP contribution in [0.5, 0.6) is 0 Å². The maximum Gasteiger partial charge on any atom is 0.407 e. The van der Waals surface area contributed by atoms with E-state index in [-0.39, 0.29) is 25.0 Å². The van der Waals surface area contributed by atoms with Crippen LogP contribution in [0.25, 0.3) is 10.9 Å². The Balaban J connectivity index is 1.30. The largest absolute Gasteiger partial charge is 0.445 e. The van der Waals surface area contributed by atoms with Gasteiger partial charge in [0.2, 0.25) is 0 Å². The van der Waals surface area contributed by atoms with Crippen molar-refractivity contribution in [3.63, 3.8) is 0 Å². The van der Waals surface area contributed by atoms with Gasteiger partial charge >= 0.3 is 6.09 Å². The maximum atomic E-state index is 14.3. The first-order valence-corrected chi connectivity index (χ1v) is 14.5. The van der Waals surface area contributed by atoms with E-state index in [1.54, 1.807) is 0 Å². The highest BCUT2D eigenvalue weighted by atomic mass is 19.1. The first kappa shape index (κ1) is 27.4. The van der Waals surface area contributed by atoms with E-state index in [0.29, 0.717) is 17.0 Å². The summed E-state index contributed by atoms with van der Waals surface area (Å²) in [4.78, 5) is 15.2. The molecule has 1 aromatic heterocycles. The van der Waals surface area contributed by atoms with E-state index >= 15 is 0 Å². The molecule has 2 fully saturated rings. The number of nitrogens with one attached hydrogen (secondary N) is 2. The van der Waals surface area contributed by atoms with Crippen molar-refractivity contribution < 1.29 is 13.9 Å². The summed E-state index contributed by atoms with van der Waals surface area (Å²) >= 11 is 0. The minimum atomic E-state index is -0.510. The van der Waals surface area contributed by atoms with E-state index in [1.165, 1.54) is 44.0 Å². The minimum absolute atomic E-state index is 0.190. The third kappa shape index (κ3) is 6.19. The van der Waals surface area contributed by atoms with Gasteiger partial charge in [-0.2, -0.15) is 0 Å². The molecule has 3 aromatic rings. The lowest BCUT2D eigenvalue weighted by Gasteiger charge is -2.42. The number of benzene rings is 2. The molecule has 2 N–H and O–H groups in total. The Bertz CT molecular complexity index is 1270. The number of halogens is 1. The number of hydrogen-bond acceptors (Lipinski definition) is 4. The van der Waals surface area contributed by atoms with Crippen molar-refractivity contribution in [2.24, 2.45) is 11.8 Å². The standard InChI is InChI=1S/C32H41FN4O2/c1-22(2)24-8-11-26(12-9-24)36-16-14-27(15-17-36)37-30-13-10-25(33)18-28(30)29(19-34)31(37)20-35-32(38)39-21-23-6-4-3-5-7-23/h3-7,10,13,18-19,22,24,26-27,34H,8-9,11-12,14-17,20-21H2,1-2H3,(H,35,38)/t24-,26+. The molecule has 7 heteroatoms. The average Bonchev–Trinajstić information content (AvgIpc) is 3.27. The molecular formula is C32H41FN4O2. The SMILES string of the molecule is CC(C)[C@H]1CC[C@@H](N2CCC(n3c(CNC(=O)OCc4ccccc4)c(C=N)c4cc(F)ccc43)CC2)CC1. The normalized spacial score (nSPS) is 20.8. The number of fused-ring (bicyclic) bond motifs is 1. The molecule has 1 amide bonds. The first-order chi connectivity index (χ1) is 18.9. The topological polar surface area (TPSA) is 70.3 Å². The monoisotopic (exact) mass is 532 g/mol. The molecule has 39 heavy (non-hydrogen) atoms. The smallest absolute Gasteiger partial charge is 0.407 e. The number of rotatable bonds is 8. The van der Waals surface area contributed by atoms with Crippen LogP contribution in [0, 0.1) is 23.1 Å². The second-order valence-corrected chi connectivity index (χ2v) is 11.5. The Morgan fingerprint density at radius 1 is 1.05 bits per heavy atom. The molecule has 1 aliphatic carbocycles. The van der Waals surface area contributed by atoms with Gasteiger partial charge in [-0.1, -0.05) is 44.2 Å². The second kappa shape index (κ2) is 12.3. The Hall–Kier alpha value is -3.19. The van der Waals surface area contributed by atoms with Crippen LogP contribution in [0.1, 0.15) is 75.2 Å². The van der Waals surface area contributed by atoms with E-state index in [2.05, 4.69) is 28.6 Å². The van der Waals surface area contributed by atoms with Crippen molar-refractivity contribution in [3.05, 3.63) is 71.2 Å². The summed E-state index contributed by atoms with van der Waals surface area (Å²) in [5.41, 5.74) is 3.32. The summed E-state index contributed by atoms with van der Waals surface area (Å²) < 4.78 is 21.9. The predicted octanol–water partition coefficient (Wildman–Crippen LogP) is 7.06. The van der Waals surface area contributed by atoms with E-state index in [1.807, 2.05) is 36.4 Å². The van der Waals surface area contributed by atoms with Crippen molar-refractivity contribution in [1.82, 2.24) is 14.8 Å². The van der Waals surface area contributed by atoms with Gasteiger partial charge in [0.05, 0.1) is 6.54 Å². The van der Waals surface area contributed by atoms with Crippen LogP contribution in [0.15, 0.2) is 48.5 Å². The van der Waals surface area contributed by atoms with E-state index < -0.39 is 6.09 Å². The second-order valence-electron chi connectivity index (χ2n) is 11.5. The maximum absolute atomic E-state index is 14.3. The van der Waals surface area contributed by atoms with Gasteiger partial charge in [0.1, 0.15) is 12.4 Å². The van der Waals surface area contributed by atoms with Gasteiger partial charge in [0, 0.05) is 53.5 Å². The number of hydrogen-bond donors (Lipinski definition) is 2.